The van der Waals surface area contributed by atoms with Gasteiger partial charge in [-0.3, -0.25) is 4.79 Å². The van der Waals surface area contributed by atoms with Crippen LogP contribution in [-0.2, 0) is 33.4 Å². The van der Waals surface area contributed by atoms with Crippen LogP contribution in [0.15, 0.2) is 42.5 Å². The number of halogens is 1. The van der Waals surface area contributed by atoms with Gasteiger partial charge in [0.25, 0.3) is 0 Å². The number of sulfonamides is 1. The SMILES string of the molecule is CC[C@H](NC(=O)C1CCN(S(=O)(=O)Cc2ccc(F)cc2)CC1)c1ccc2c(c1)CCCC2. The monoisotopic (exact) mass is 472 g/mol. The Balaban J connectivity index is 1.33. The van der Waals surface area contributed by atoms with Gasteiger partial charge in [0.1, 0.15) is 5.82 Å². The van der Waals surface area contributed by atoms with Gasteiger partial charge in [-0.2, -0.15) is 0 Å². The summed E-state index contributed by atoms with van der Waals surface area (Å²) in [6, 6.07) is 12.1. The lowest BCUT2D eigenvalue weighted by Crippen LogP contribution is -2.44. The van der Waals surface area contributed by atoms with Crippen LogP contribution >= 0.6 is 0 Å². The van der Waals surface area contributed by atoms with Gasteiger partial charge in [-0.25, -0.2) is 17.1 Å². The van der Waals surface area contributed by atoms with Crippen LogP contribution in [0.25, 0.3) is 0 Å². The molecule has 178 valence electrons. The molecule has 1 aliphatic carbocycles. The van der Waals surface area contributed by atoms with E-state index in [4.69, 9.17) is 0 Å². The summed E-state index contributed by atoms with van der Waals surface area (Å²) in [4.78, 5) is 13.0. The van der Waals surface area contributed by atoms with Crippen LogP contribution < -0.4 is 5.32 Å². The van der Waals surface area contributed by atoms with Gasteiger partial charge >= 0.3 is 0 Å². The predicted octanol–water partition coefficient (Wildman–Crippen LogP) is 4.51. The minimum atomic E-state index is -3.50. The van der Waals surface area contributed by atoms with Crippen molar-refractivity contribution in [2.45, 2.75) is 63.7 Å². The van der Waals surface area contributed by atoms with Crippen molar-refractivity contribution in [3.8, 4) is 0 Å². The van der Waals surface area contributed by atoms with Gasteiger partial charge < -0.3 is 5.32 Å². The Kier molecular flexibility index (Phi) is 7.49. The summed E-state index contributed by atoms with van der Waals surface area (Å²) in [6.07, 6.45) is 6.56. The fourth-order valence-corrected chi connectivity index (χ4v) is 6.52. The summed E-state index contributed by atoms with van der Waals surface area (Å²) in [5.74, 6) is -0.715. The number of carbonyl (C=O) groups is 1. The first kappa shape index (κ1) is 23.9. The third-order valence-corrected chi connectivity index (χ3v) is 8.83. The van der Waals surface area contributed by atoms with E-state index in [1.807, 2.05) is 0 Å². The van der Waals surface area contributed by atoms with E-state index in [0.29, 0.717) is 31.5 Å². The van der Waals surface area contributed by atoms with Crippen LogP contribution in [-0.4, -0.2) is 31.7 Å². The number of aryl methyl sites for hydroxylation is 2. The number of piperidine rings is 1. The standard InChI is InChI=1S/C26H33FN2O3S/c1-2-25(23-10-9-20-5-3-4-6-22(20)17-23)28-26(30)21-13-15-29(16-14-21)33(31,32)18-19-7-11-24(27)12-8-19/h7-12,17,21,25H,2-6,13-16,18H2,1H3,(H,28,30)/t25-/m0/s1. The second-order valence-electron chi connectivity index (χ2n) is 9.26. The second-order valence-corrected chi connectivity index (χ2v) is 11.2. The zero-order valence-corrected chi connectivity index (χ0v) is 20.0. The van der Waals surface area contributed by atoms with Gasteiger partial charge in [-0.15, -0.1) is 0 Å². The molecule has 33 heavy (non-hydrogen) atoms. The first-order chi connectivity index (χ1) is 15.9. The molecule has 1 amide bonds. The van der Waals surface area contributed by atoms with Crippen molar-refractivity contribution in [3.63, 3.8) is 0 Å². The summed E-state index contributed by atoms with van der Waals surface area (Å²) in [5.41, 5.74) is 4.56. The number of carbonyl (C=O) groups excluding carboxylic acids is 1. The molecule has 1 heterocycles. The van der Waals surface area contributed by atoms with E-state index < -0.39 is 10.0 Å². The molecule has 1 fully saturated rings. The van der Waals surface area contributed by atoms with E-state index in [-0.39, 0.29) is 29.4 Å². The number of fused-ring (bicyclic) bond motifs is 1. The van der Waals surface area contributed by atoms with Crippen molar-refractivity contribution >= 4 is 15.9 Å². The van der Waals surface area contributed by atoms with Gasteiger partial charge in [0.15, 0.2) is 0 Å². The summed E-state index contributed by atoms with van der Waals surface area (Å²) >= 11 is 0. The van der Waals surface area contributed by atoms with Gasteiger partial charge in [-0.1, -0.05) is 37.3 Å². The molecule has 1 saturated heterocycles. The van der Waals surface area contributed by atoms with E-state index >= 15 is 0 Å². The number of hydrogen-bond acceptors (Lipinski definition) is 3. The number of benzene rings is 2. The average Bonchev–Trinajstić information content (AvgIpc) is 2.83. The summed E-state index contributed by atoms with van der Waals surface area (Å²) in [7, 11) is -3.50. The maximum Gasteiger partial charge on any atom is 0.223 e. The quantitative estimate of drug-likeness (QED) is 0.645. The third kappa shape index (κ3) is 5.82. The predicted molar refractivity (Wildman–Crippen MR) is 128 cm³/mol. The minimum absolute atomic E-state index is 0.00940. The molecule has 5 nitrogen and oxygen atoms in total. The molecule has 0 radical (unpaired) electrons. The molecule has 2 aromatic carbocycles. The first-order valence-electron chi connectivity index (χ1n) is 12.0. The number of nitrogens with zero attached hydrogens (tertiary/aromatic N) is 1. The lowest BCUT2D eigenvalue weighted by molar-refractivity contribution is -0.126. The van der Waals surface area contributed by atoms with Gasteiger partial charge in [0.05, 0.1) is 11.8 Å². The Hall–Kier alpha value is -2.25. The first-order valence-corrected chi connectivity index (χ1v) is 13.6. The van der Waals surface area contributed by atoms with E-state index in [1.165, 1.54) is 52.5 Å². The highest BCUT2D eigenvalue weighted by molar-refractivity contribution is 7.88. The van der Waals surface area contributed by atoms with Gasteiger partial charge in [-0.05, 0) is 79.3 Å². The molecule has 7 heteroatoms. The summed E-state index contributed by atoms with van der Waals surface area (Å²) < 4.78 is 40.1. The normalized spacial score (nSPS) is 18.5. The fraction of sp³-hybridized carbons (Fsp3) is 0.500. The molecular formula is C26H33FN2O3S. The van der Waals surface area contributed by atoms with E-state index in [0.717, 1.165) is 24.8 Å². The van der Waals surface area contributed by atoms with Crippen LogP contribution in [0.3, 0.4) is 0 Å². The lowest BCUT2D eigenvalue weighted by atomic mass is 9.88. The number of hydrogen-bond donors (Lipinski definition) is 1. The van der Waals surface area contributed by atoms with Gasteiger partial charge in [0.2, 0.25) is 15.9 Å². The van der Waals surface area contributed by atoms with E-state index in [1.54, 1.807) is 0 Å². The highest BCUT2D eigenvalue weighted by Gasteiger charge is 2.32. The van der Waals surface area contributed by atoms with Crippen molar-refractivity contribution in [2.75, 3.05) is 13.1 Å². The maximum atomic E-state index is 13.1. The molecule has 1 aliphatic heterocycles. The molecule has 0 unspecified atom stereocenters. The minimum Gasteiger partial charge on any atom is -0.349 e. The molecule has 4 rings (SSSR count). The second kappa shape index (κ2) is 10.3. The molecule has 1 N–H and O–H groups in total. The molecule has 0 bridgehead atoms. The third-order valence-electron chi connectivity index (χ3n) is 6.98. The Morgan fingerprint density at radius 3 is 2.39 bits per heavy atom. The number of nitrogens with one attached hydrogen (secondary N) is 1. The molecule has 1 atom stereocenters. The Labute approximate surface area is 196 Å². The van der Waals surface area contributed by atoms with E-state index in [9.17, 15) is 17.6 Å². The van der Waals surface area contributed by atoms with Crippen molar-refractivity contribution in [2.24, 2.45) is 5.92 Å². The summed E-state index contributed by atoms with van der Waals surface area (Å²) in [6.45, 7) is 2.74. The lowest BCUT2D eigenvalue weighted by Gasteiger charge is -2.31. The summed E-state index contributed by atoms with van der Waals surface area (Å²) in [5, 5.41) is 3.22. The fourth-order valence-electron chi connectivity index (χ4n) is 4.96. The Morgan fingerprint density at radius 2 is 1.73 bits per heavy atom. The Bertz CT molecular complexity index is 1080. The number of rotatable bonds is 7. The maximum absolute atomic E-state index is 13.1. The van der Waals surface area contributed by atoms with Crippen LogP contribution in [0.2, 0.25) is 0 Å². The average molecular weight is 473 g/mol. The van der Waals surface area contributed by atoms with E-state index in [2.05, 4.69) is 30.4 Å². The molecule has 0 spiro atoms. The van der Waals surface area contributed by atoms with Crippen molar-refractivity contribution in [1.29, 1.82) is 0 Å². The molecule has 0 aromatic heterocycles. The molecular weight excluding hydrogens is 439 g/mol. The molecule has 2 aromatic rings. The Morgan fingerprint density at radius 1 is 1.06 bits per heavy atom. The highest BCUT2D eigenvalue weighted by atomic mass is 32.2. The van der Waals surface area contributed by atoms with Crippen molar-refractivity contribution < 1.29 is 17.6 Å². The van der Waals surface area contributed by atoms with Crippen molar-refractivity contribution in [1.82, 2.24) is 9.62 Å². The zero-order chi connectivity index (χ0) is 23.4. The smallest absolute Gasteiger partial charge is 0.223 e. The molecule has 0 saturated carbocycles. The number of amides is 1. The van der Waals surface area contributed by atoms with Crippen LogP contribution in [0.4, 0.5) is 4.39 Å². The topological polar surface area (TPSA) is 66.5 Å². The zero-order valence-electron chi connectivity index (χ0n) is 19.2. The van der Waals surface area contributed by atoms with Gasteiger partial charge in [0, 0.05) is 19.0 Å². The largest absolute Gasteiger partial charge is 0.349 e. The van der Waals surface area contributed by atoms with Crippen LogP contribution in [0.1, 0.15) is 67.3 Å². The van der Waals surface area contributed by atoms with Crippen molar-refractivity contribution in [3.05, 3.63) is 70.5 Å². The molecule has 2 aliphatic rings. The van der Waals surface area contributed by atoms with Crippen LogP contribution in [0.5, 0.6) is 0 Å². The van der Waals surface area contributed by atoms with Crippen LogP contribution in [0, 0.1) is 11.7 Å². The highest BCUT2D eigenvalue weighted by Crippen LogP contribution is 2.27.